The summed E-state index contributed by atoms with van der Waals surface area (Å²) in [6.07, 6.45) is 0. The molecule has 3 rings (SSSR count). The summed E-state index contributed by atoms with van der Waals surface area (Å²) in [4.78, 5) is 7.64. The fraction of sp³-hybridized carbons (Fsp3) is 0.0714. The Bertz CT molecular complexity index is 694. The molecular weight excluding hydrogens is 297 g/mol. The number of fused-ring (bicyclic) bond motifs is 1. The Morgan fingerprint density at radius 2 is 2.00 bits per heavy atom. The molecule has 0 aliphatic rings. The lowest BCUT2D eigenvalue weighted by molar-refractivity contribution is 0.417. The Morgan fingerprint density at radius 3 is 2.75 bits per heavy atom. The van der Waals surface area contributed by atoms with Gasteiger partial charge in [0.1, 0.15) is 5.75 Å². The van der Waals surface area contributed by atoms with Crippen LogP contribution in [-0.2, 0) is 0 Å². The van der Waals surface area contributed by atoms with Crippen LogP contribution in [0.3, 0.4) is 0 Å². The number of ether oxygens (including phenoxy) is 1. The summed E-state index contributed by atoms with van der Waals surface area (Å²) in [5.41, 5.74) is 2.66. The minimum absolute atomic E-state index is 0. The molecule has 2 N–H and O–H groups in total. The van der Waals surface area contributed by atoms with Crippen LogP contribution in [0.1, 0.15) is 0 Å². The zero-order valence-electron chi connectivity index (χ0n) is 10.7. The van der Waals surface area contributed by atoms with Crippen molar-refractivity contribution in [2.24, 2.45) is 0 Å². The highest BCUT2D eigenvalue weighted by Crippen LogP contribution is 2.30. The average Bonchev–Trinajstić information content (AvgIpc) is 2.81. The third-order valence-corrected chi connectivity index (χ3v) is 3.04. The second-order valence-electron chi connectivity index (χ2n) is 4.07. The minimum atomic E-state index is 0. The van der Waals surface area contributed by atoms with Gasteiger partial charge in [0.15, 0.2) is 0 Å². The first-order valence-corrected chi connectivity index (χ1v) is 6.19. The summed E-state index contributed by atoms with van der Waals surface area (Å²) < 4.78 is 5.28. The zero-order valence-corrected chi connectivity index (χ0v) is 12.3. The molecule has 3 aromatic rings. The van der Waals surface area contributed by atoms with Gasteiger partial charge in [-0.1, -0.05) is 23.7 Å². The van der Waals surface area contributed by atoms with Crippen molar-refractivity contribution in [2.45, 2.75) is 0 Å². The Hall–Kier alpha value is -1.91. The van der Waals surface area contributed by atoms with E-state index in [1.807, 2.05) is 30.3 Å². The summed E-state index contributed by atoms with van der Waals surface area (Å²) >= 11 is 5.99. The average molecular weight is 310 g/mol. The number of rotatable bonds is 3. The first-order valence-electron chi connectivity index (χ1n) is 5.81. The van der Waals surface area contributed by atoms with E-state index in [0.29, 0.717) is 16.7 Å². The maximum atomic E-state index is 5.99. The van der Waals surface area contributed by atoms with Gasteiger partial charge >= 0.3 is 0 Å². The van der Waals surface area contributed by atoms with Crippen molar-refractivity contribution in [3.05, 3.63) is 47.5 Å². The van der Waals surface area contributed by atoms with Crippen LogP contribution >= 0.6 is 24.0 Å². The van der Waals surface area contributed by atoms with Crippen LogP contribution < -0.4 is 10.1 Å². The molecular formula is C14H13Cl2N3O. The Balaban J connectivity index is 0.00000147. The van der Waals surface area contributed by atoms with Crippen molar-refractivity contribution < 1.29 is 4.74 Å². The predicted octanol–water partition coefficient (Wildman–Crippen LogP) is 4.39. The van der Waals surface area contributed by atoms with Gasteiger partial charge in [0.25, 0.3) is 0 Å². The maximum Gasteiger partial charge on any atom is 0.205 e. The molecule has 0 aliphatic heterocycles. The van der Waals surface area contributed by atoms with Gasteiger partial charge in [-0.25, -0.2) is 4.98 Å². The Morgan fingerprint density at radius 1 is 1.20 bits per heavy atom. The number of H-pyrrole nitrogens is 1. The Labute approximate surface area is 127 Å². The fourth-order valence-corrected chi connectivity index (χ4v) is 2.09. The molecule has 0 aliphatic carbocycles. The maximum absolute atomic E-state index is 5.99. The molecule has 0 unspecified atom stereocenters. The van der Waals surface area contributed by atoms with Crippen molar-refractivity contribution in [2.75, 3.05) is 12.4 Å². The van der Waals surface area contributed by atoms with Crippen LogP contribution in [-0.4, -0.2) is 17.1 Å². The number of nitrogens with zero attached hydrogens (tertiary/aromatic N) is 1. The van der Waals surface area contributed by atoms with Crippen LogP contribution in [0.2, 0.25) is 5.02 Å². The van der Waals surface area contributed by atoms with Crippen LogP contribution in [0.25, 0.3) is 11.0 Å². The number of nitrogens with one attached hydrogen (secondary N) is 2. The number of benzene rings is 2. The summed E-state index contributed by atoms with van der Waals surface area (Å²) in [7, 11) is 1.62. The van der Waals surface area contributed by atoms with Crippen molar-refractivity contribution in [1.29, 1.82) is 0 Å². The number of hydrogen-bond donors (Lipinski definition) is 2. The zero-order chi connectivity index (χ0) is 13.2. The normalized spacial score (nSPS) is 10.1. The molecule has 20 heavy (non-hydrogen) atoms. The molecule has 0 spiro atoms. The van der Waals surface area contributed by atoms with Crippen molar-refractivity contribution in [3.8, 4) is 5.75 Å². The minimum Gasteiger partial charge on any atom is -0.495 e. The van der Waals surface area contributed by atoms with Gasteiger partial charge in [0.2, 0.25) is 5.95 Å². The second-order valence-corrected chi connectivity index (χ2v) is 4.51. The van der Waals surface area contributed by atoms with E-state index in [-0.39, 0.29) is 12.4 Å². The molecule has 6 heteroatoms. The molecule has 0 saturated heterocycles. The van der Waals surface area contributed by atoms with Gasteiger partial charge in [-0.2, -0.15) is 0 Å². The van der Waals surface area contributed by atoms with Crippen molar-refractivity contribution in [3.63, 3.8) is 0 Å². The molecule has 4 nitrogen and oxygen atoms in total. The Kier molecular flexibility index (Phi) is 4.37. The molecule has 104 valence electrons. The lowest BCUT2D eigenvalue weighted by Crippen LogP contribution is -1.95. The van der Waals surface area contributed by atoms with E-state index >= 15 is 0 Å². The lowest BCUT2D eigenvalue weighted by Gasteiger charge is -2.09. The van der Waals surface area contributed by atoms with Gasteiger partial charge < -0.3 is 15.0 Å². The number of methoxy groups -OCH3 is 1. The number of halogens is 2. The predicted molar refractivity (Wildman–Crippen MR) is 84.6 cm³/mol. The van der Waals surface area contributed by atoms with E-state index in [9.17, 15) is 0 Å². The van der Waals surface area contributed by atoms with Crippen LogP contribution in [0.4, 0.5) is 11.6 Å². The van der Waals surface area contributed by atoms with E-state index in [4.69, 9.17) is 16.3 Å². The molecule has 0 saturated carbocycles. The SMILES string of the molecule is COc1ccc(Cl)cc1Nc1nc2ccccc2[nH]1.Cl. The first-order chi connectivity index (χ1) is 9.26. The smallest absolute Gasteiger partial charge is 0.205 e. The van der Waals surface area contributed by atoms with E-state index in [2.05, 4.69) is 15.3 Å². The topological polar surface area (TPSA) is 49.9 Å². The second kappa shape index (κ2) is 6.03. The van der Waals surface area contributed by atoms with E-state index < -0.39 is 0 Å². The molecule has 1 heterocycles. The number of hydrogen-bond acceptors (Lipinski definition) is 3. The van der Waals surface area contributed by atoms with E-state index in [1.54, 1.807) is 19.2 Å². The highest BCUT2D eigenvalue weighted by Gasteiger charge is 2.07. The van der Waals surface area contributed by atoms with Crippen LogP contribution in [0.5, 0.6) is 5.75 Å². The molecule has 0 fully saturated rings. The first kappa shape index (κ1) is 14.5. The number of para-hydroxylation sites is 2. The number of imidazole rings is 1. The summed E-state index contributed by atoms with van der Waals surface area (Å²) in [5, 5.41) is 3.82. The largest absolute Gasteiger partial charge is 0.495 e. The van der Waals surface area contributed by atoms with Gasteiger partial charge in [0, 0.05) is 5.02 Å². The van der Waals surface area contributed by atoms with Gasteiger partial charge in [0.05, 0.1) is 23.8 Å². The fourth-order valence-electron chi connectivity index (χ4n) is 1.92. The highest BCUT2D eigenvalue weighted by molar-refractivity contribution is 6.31. The van der Waals surface area contributed by atoms with Crippen LogP contribution in [0, 0.1) is 0 Å². The summed E-state index contributed by atoms with van der Waals surface area (Å²) in [6, 6.07) is 13.2. The van der Waals surface area contributed by atoms with Gasteiger partial charge in [-0.05, 0) is 30.3 Å². The third kappa shape index (κ3) is 2.81. The third-order valence-electron chi connectivity index (χ3n) is 2.80. The molecule has 2 aromatic carbocycles. The van der Waals surface area contributed by atoms with Gasteiger partial charge in [-0.3, -0.25) is 0 Å². The number of anilines is 2. The lowest BCUT2D eigenvalue weighted by atomic mass is 10.3. The molecule has 0 radical (unpaired) electrons. The van der Waals surface area contributed by atoms with Crippen LogP contribution in [0.15, 0.2) is 42.5 Å². The van der Waals surface area contributed by atoms with Crippen molar-refractivity contribution in [1.82, 2.24) is 9.97 Å². The molecule has 1 aromatic heterocycles. The highest BCUT2D eigenvalue weighted by atomic mass is 35.5. The molecule has 0 amide bonds. The summed E-state index contributed by atoms with van der Waals surface area (Å²) in [5.74, 6) is 1.37. The molecule has 0 atom stereocenters. The number of aromatic nitrogens is 2. The van der Waals surface area contributed by atoms with E-state index in [1.165, 1.54) is 0 Å². The van der Waals surface area contributed by atoms with E-state index in [0.717, 1.165) is 16.7 Å². The molecule has 0 bridgehead atoms. The quantitative estimate of drug-likeness (QED) is 0.754. The standard InChI is InChI=1S/C14H12ClN3O.ClH/c1-19-13-7-6-9(15)8-12(13)18-14-16-10-4-2-3-5-11(10)17-14;/h2-8H,1H3,(H2,16,17,18);1H. The van der Waals surface area contributed by atoms with Gasteiger partial charge in [-0.15, -0.1) is 12.4 Å². The summed E-state index contributed by atoms with van der Waals surface area (Å²) in [6.45, 7) is 0. The number of aromatic amines is 1. The monoisotopic (exact) mass is 309 g/mol. The van der Waals surface area contributed by atoms with Crippen molar-refractivity contribution >= 4 is 46.7 Å².